The monoisotopic (exact) mass is 314 g/mol. The lowest BCUT2D eigenvalue weighted by atomic mass is 10.1. The third-order valence-corrected chi connectivity index (χ3v) is 3.84. The predicted molar refractivity (Wildman–Crippen MR) is 88.2 cm³/mol. The number of benzene rings is 1. The zero-order valence-electron chi connectivity index (χ0n) is 13.1. The highest BCUT2D eigenvalue weighted by Crippen LogP contribution is 2.12. The van der Waals surface area contributed by atoms with Crippen molar-refractivity contribution < 1.29 is 9.84 Å². The summed E-state index contributed by atoms with van der Waals surface area (Å²) >= 11 is 0. The SMILES string of the molecule is O[C@H](CNCc1cnc(N2CCOCC2)nc1)c1ccccc1. The lowest BCUT2D eigenvalue weighted by Crippen LogP contribution is -2.37. The van der Waals surface area contributed by atoms with Crippen molar-refractivity contribution in [1.82, 2.24) is 15.3 Å². The molecule has 2 aromatic rings. The molecule has 1 saturated heterocycles. The fraction of sp³-hybridized carbons (Fsp3) is 0.412. The molecule has 0 amide bonds. The molecule has 1 aromatic carbocycles. The average molecular weight is 314 g/mol. The van der Waals surface area contributed by atoms with Crippen LogP contribution in [-0.4, -0.2) is 47.9 Å². The maximum absolute atomic E-state index is 10.1. The summed E-state index contributed by atoms with van der Waals surface area (Å²) in [6.45, 7) is 4.25. The van der Waals surface area contributed by atoms with E-state index in [1.807, 2.05) is 42.7 Å². The fourth-order valence-electron chi connectivity index (χ4n) is 2.51. The van der Waals surface area contributed by atoms with E-state index in [1.54, 1.807) is 0 Å². The first-order valence-electron chi connectivity index (χ1n) is 7.90. The van der Waals surface area contributed by atoms with Gasteiger partial charge in [-0.15, -0.1) is 0 Å². The molecule has 2 N–H and O–H groups in total. The number of rotatable bonds is 6. The molecule has 1 aliphatic heterocycles. The van der Waals surface area contributed by atoms with Gasteiger partial charge in [0.05, 0.1) is 19.3 Å². The zero-order valence-corrected chi connectivity index (χ0v) is 13.1. The number of hydrogen-bond donors (Lipinski definition) is 2. The van der Waals surface area contributed by atoms with Crippen LogP contribution in [0.15, 0.2) is 42.7 Å². The topological polar surface area (TPSA) is 70.5 Å². The first kappa shape index (κ1) is 15.9. The van der Waals surface area contributed by atoms with Crippen molar-refractivity contribution in [2.75, 3.05) is 37.7 Å². The van der Waals surface area contributed by atoms with E-state index >= 15 is 0 Å². The summed E-state index contributed by atoms with van der Waals surface area (Å²) in [5, 5.41) is 13.3. The molecule has 0 bridgehead atoms. The van der Waals surface area contributed by atoms with E-state index in [2.05, 4.69) is 20.2 Å². The van der Waals surface area contributed by atoms with E-state index in [0.717, 1.165) is 43.4 Å². The summed E-state index contributed by atoms with van der Waals surface area (Å²) in [4.78, 5) is 11.0. The molecule has 6 heteroatoms. The second kappa shape index (κ2) is 8.01. The number of aliphatic hydroxyl groups excluding tert-OH is 1. The van der Waals surface area contributed by atoms with Crippen LogP contribution in [0.5, 0.6) is 0 Å². The van der Waals surface area contributed by atoms with Gasteiger partial charge in [0.25, 0.3) is 0 Å². The number of aromatic nitrogens is 2. The van der Waals surface area contributed by atoms with Crippen molar-refractivity contribution in [1.29, 1.82) is 0 Å². The van der Waals surface area contributed by atoms with Gasteiger partial charge in [0.15, 0.2) is 0 Å². The standard InChI is InChI=1S/C17H22N4O2/c22-16(15-4-2-1-3-5-15)13-18-10-14-11-19-17(20-12-14)21-6-8-23-9-7-21/h1-5,11-12,16,18,22H,6-10,13H2/t16-/m1/s1. The molecule has 0 aliphatic carbocycles. The van der Waals surface area contributed by atoms with Crippen molar-refractivity contribution in [3.05, 3.63) is 53.9 Å². The van der Waals surface area contributed by atoms with Crippen LogP contribution in [-0.2, 0) is 11.3 Å². The Balaban J connectivity index is 1.47. The van der Waals surface area contributed by atoms with Crippen LogP contribution in [0.1, 0.15) is 17.2 Å². The maximum Gasteiger partial charge on any atom is 0.225 e. The first-order chi connectivity index (χ1) is 11.3. The highest BCUT2D eigenvalue weighted by atomic mass is 16.5. The van der Waals surface area contributed by atoms with Gasteiger partial charge >= 0.3 is 0 Å². The Bertz CT molecular complexity index is 585. The van der Waals surface area contributed by atoms with Crippen LogP contribution in [0.4, 0.5) is 5.95 Å². The molecule has 2 heterocycles. The van der Waals surface area contributed by atoms with Crippen LogP contribution in [0.2, 0.25) is 0 Å². The Kier molecular flexibility index (Phi) is 5.52. The second-order valence-electron chi connectivity index (χ2n) is 5.55. The predicted octanol–water partition coefficient (Wildman–Crippen LogP) is 1.14. The van der Waals surface area contributed by atoms with Gasteiger partial charge in [-0.2, -0.15) is 0 Å². The smallest absolute Gasteiger partial charge is 0.225 e. The lowest BCUT2D eigenvalue weighted by Gasteiger charge is -2.26. The Morgan fingerprint density at radius 3 is 2.52 bits per heavy atom. The number of aliphatic hydroxyl groups is 1. The van der Waals surface area contributed by atoms with E-state index in [1.165, 1.54) is 0 Å². The Hall–Kier alpha value is -2.02. The van der Waals surface area contributed by atoms with Crippen LogP contribution in [0, 0.1) is 0 Å². The summed E-state index contributed by atoms with van der Waals surface area (Å²) in [5.41, 5.74) is 1.92. The van der Waals surface area contributed by atoms with Crippen molar-refractivity contribution >= 4 is 5.95 Å². The summed E-state index contributed by atoms with van der Waals surface area (Å²) in [6, 6.07) is 9.64. The number of ether oxygens (including phenoxy) is 1. The van der Waals surface area contributed by atoms with Gasteiger partial charge in [0.1, 0.15) is 0 Å². The normalized spacial score (nSPS) is 16.3. The van der Waals surface area contributed by atoms with Gasteiger partial charge in [-0.1, -0.05) is 30.3 Å². The van der Waals surface area contributed by atoms with Crippen LogP contribution >= 0.6 is 0 Å². The number of morpholine rings is 1. The highest BCUT2D eigenvalue weighted by Gasteiger charge is 2.13. The Morgan fingerprint density at radius 2 is 1.83 bits per heavy atom. The maximum atomic E-state index is 10.1. The van der Waals surface area contributed by atoms with Gasteiger partial charge < -0.3 is 20.1 Å². The number of hydrogen-bond acceptors (Lipinski definition) is 6. The highest BCUT2D eigenvalue weighted by molar-refractivity contribution is 5.30. The van der Waals surface area contributed by atoms with E-state index < -0.39 is 6.10 Å². The molecule has 1 fully saturated rings. The van der Waals surface area contributed by atoms with Gasteiger partial charge in [-0.25, -0.2) is 9.97 Å². The van der Waals surface area contributed by atoms with E-state index in [4.69, 9.17) is 4.74 Å². The van der Waals surface area contributed by atoms with Crippen molar-refractivity contribution in [3.63, 3.8) is 0 Å². The number of anilines is 1. The number of nitrogens with zero attached hydrogens (tertiary/aromatic N) is 3. The van der Waals surface area contributed by atoms with Crippen molar-refractivity contribution in [3.8, 4) is 0 Å². The minimum absolute atomic E-state index is 0.495. The Labute approximate surface area is 136 Å². The largest absolute Gasteiger partial charge is 0.387 e. The summed E-state index contributed by atoms with van der Waals surface area (Å²) in [5.74, 6) is 0.751. The fourth-order valence-corrected chi connectivity index (χ4v) is 2.51. The third-order valence-electron chi connectivity index (χ3n) is 3.84. The number of nitrogens with one attached hydrogen (secondary N) is 1. The third kappa shape index (κ3) is 4.48. The molecule has 0 spiro atoms. The molecular weight excluding hydrogens is 292 g/mol. The van der Waals surface area contributed by atoms with Crippen LogP contribution < -0.4 is 10.2 Å². The average Bonchev–Trinajstić information content (AvgIpc) is 2.64. The molecular formula is C17H22N4O2. The summed E-state index contributed by atoms with van der Waals surface area (Å²) in [6.07, 6.45) is 3.16. The van der Waals surface area contributed by atoms with Crippen LogP contribution in [0.25, 0.3) is 0 Å². The van der Waals surface area contributed by atoms with Crippen molar-refractivity contribution in [2.24, 2.45) is 0 Å². The molecule has 3 rings (SSSR count). The Morgan fingerprint density at radius 1 is 1.13 bits per heavy atom. The van der Waals surface area contributed by atoms with Gasteiger partial charge in [0, 0.05) is 44.1 Å². The lowest BCUT2D eigenvalue weighted by molar-refractivity contribution is 0.122. The quantitative estimate of drug-likeness (QED) is 0.833. The van der Waals surface area contributed by atoms with E-state index in [0.29, 0.717) is 13.1 Å². The molecule has 1 aliphatic rings. The summed E-state index contributed by atoms with van der Waals surface area (Å²) in [7, 11) is 0. The minimum atomic E-state index is -0.509. The summed E-state index contributed by atoms with van der Waals surface area (Å²) < 4.78 is 5.33. The molecule has 0 saturated carbocycles. The molecule has 0 radical (unpaired) electrons. The molecule has 6 nitrogen and oxygen atoms in total. The molecule has 23 heavy (non-hydrogen) atoms. The van der Waals surface area contributed by atoms with E-state index in [-0.39, 0.29) is 0 Å². The zero-order chi connectivity index (χ0) is 15.9. The minimum Gasteiger partial charge on any atom is -0.387 e. The molecule has 1 atom stereocenters. The van der Waals surface area contributed by atoms with Gasteiger partial charge in [-0.3, -0.25) is 0 Å². The molecule has 1 aromatic heterocycles. The van der Waals surface area contributed by atoms with E-state index in [9.17, 15) is 5.11 Å². The van der Waals surface area contributed by atoms with Gasteiger partial charge in [-0.05, 0) is 5.56 Å². The first-order valence-corrected chi connectivity index (χ1v) is 7.90. The van der Waals surface area contributed by atoms with Crippen molar-refractivity contribution in [2.45, 2.75) is 12.6 Å². The van der Waals surface area contributed by atoms with Crippen LogP contribution in [0.3, 0.4) is 0 Å². The second-order valence-corrected chi connectivity index (χ2v) is 5.55. The molecule has 122 valence electrons. The van der Waals surface area contributed by atoms with Gasteiger partial charge in [0.2, 0.25) is 5.95 Å². The molecule has 0 unspecified atom stereocenters.